The summed E-state index contributed by atoms with van der Waals surface area (Å²) in [5, 5.41) is 5.69. The van der Waals surface area contributed by atoms with E-state index in [-0.39, 0.29) is 24.4 Å². The SMILES string of the molecule is C[C@H](NC(=O)[C@H](Cc1ccccc1)NC(=O)OCc1ccccc1)C(=O)N(C)c1ccc(Cl)cc1C(=O)c1ccccc1. The van der Waals surface area contributed by atoms with Gasteiger partial charge in [-0.05, 0) is 36.2 Å². The Morgan fingerprint density at radius 2 is 1.37 bits per heavy atom. The first-order valence-electron chi connectivity index (χ1n) is 13.7. The number of nitrogens with one attached hydrogen (secondary N) is 2. The molecule has 0 saturated carbocycles. The summed E-state index contributed by atoms with van der Waals surface area (Å²) < 4.78 is 5.33. The van der Waals surface area contributed by atoms with E-state index in [0.717, 1.165) is 11.1 Å². The van der Waals surface area contributed by atoms with E-state index < -0.39 is 30.0 Å². The van der Waals surface area contributed by atoms with Gasteiger partial charge >= 0.3 is 6.09 Å². The third kappa shape index (κ3) is 8.53. The number of hydrogen-bond donors (Lipinski definition) is 2. The van der Waals surface area contributed by atoms with E-state index in [4.69, 9.17) is 16.3 Å². The average molecular weight is 598 g/mol. The molecule has 2 N–H and O–H groups in total. The molecule has 0 aliphatic rings. The van der Waals surface area contributed by atoms with Crippen LogP contribution in [0, 0.1) is 0 Å². The molecule has 4 aromatic rings. The maximum atomic E-state index is 13.5. The normalized spacial score (nSPS) is 12.0. The van der Waals surface area contributed by atoms with Gasteiger partial charge in [0.15, 0.2) is 5.78 Å². The highest BCUT2D eigenvalue weighted by Gasteiger charge is 2.28. The number of benzene rings is 4. The quantitative estimate of drug-likeness (QED) is 0.220. The Labute approximate surface area is 255 Å². The van der Waals surface area contributed by atoms with E-state index in [0.29, 0.717) is 16.3 Å². The Bertz CT molecular complexity index is 1570. The molecule has 43 heavy (non-hydrogen) atoms. The Kier molecular flexibility index (Phi) is 10.7. The number of halogens is 1. The number of ether oxygens (including phenoxy) is 1. The summed E-state index contributed by atoms with van der Waals surface area (Å²) in [5.74, 6) is -1.33. The molecular formula is C34H32ClN3O5. The van der Waals surface area contributed by atoms with Gasteiger partial charge in [0, 0.05) is 29.6 Å². The summed E-state index contributed by atoms with van der Waals surface area (Å²) >= 11 is 6.21. The van der Waals surface area contributed by atoms with Crippen molar-refractivity contribution in [3.63, 3.8) is 0 Å². The third-order valence-electron chi connectivity index (χ3n) is 6.76. The van der Waals surface area contributed by atoms with Crippen molar-refractivity contribution in [3.8, 4) is 0 Å². The number of ketones is 1. The van der Waals surface area contributed by atoms with Crippen LogP contribution in [0.25, 0.3) is 0 Å². The summed E-state index contributed by atoms with van der Waals surface area (Å²) in [7, 11) is 1.52. The van der Waals surface area contributed by atoms with Crippen molar-refractivity contribution < 1.29 is 23.9 Å². The lowest BCUT2D eigenvalue weighted by Gasteiger charge is -2.26. The zero-order valence-electron chi connectivity index (χ0n) is 23.8. The van der Waals surface area contributed by atoms with Crippen molar-refractivity contribution in [2.75, 3.05) is 11.9 Å². The van der Waals surface area contributed by atoms with Crippen LogP contribution in [0.2, 0.25) is 5.02 Å². The molecule has 4 aromatic carbocycles. The highest BCUT2D eigenvalue weighted by molar-refractivity contribution is 6.31. The Balaban J connectivity index is 1.47. The maximum absolute atomic E-state index is 13.5. The van der Waals surface area contributed by atoms with Crippen molar-refractivity contribution in [2.24, 2.45) is 0 Å². The Hall–Kier alpha value is -4.95. The van der Waals surface area contributed by atoms with E-state index >= 15 is 0 Å². The Morgan fingerprint density at radius 3 is 2.00 bits per heavy atom. The average Bonchev–Trinajstić information content (AvgIpc) is 3.03. The molecule has 0 spiro atoms. The van der Waals surface area contributed by atoms with Gasteiger partial charge < -0.3 is 20.3 Å². The highest BCUT2D eigenvalue weighted by atomic mass is 35.5. The summed E-state index contributed by atoms with van der Waals surface area (Å²) in [5.41, 5.74) is 2.65. The summed E-state index contributed by atoms with van der Waals surface area (Å²) in [4.78, 5) is 54.1. The molecule has 0 radical (unpaired) electrons. The van der Waals surface area contributed by atoms with Crippen LogP contribution in [-0.4, -0.2) is 42.8 Å². The molecule has 2 atom stereocenters. The molecule has 0 fully saturated rings. The molecule has 9 heteroatoms. The van der Waals surface area contributed by atoms with E-state index in [2.05, 4.69) is 10.6 Å². The number of anilines is 1. The van der Waals surface area contributed by atoms with Gasteiger partial charge in [-0.2, -0.15) is 0 Å². The summed E-state index contributed by atoms with van der Waals surface area (Å²) in [6, 6.07) is 29.7. The van der Waals surface area contributed by atoms with Gasteiger partial charge in [-0.25, -0.2) is 4.79 Å². The second-order valence-corrected chi connectivity index (χ2v) is 10.4. The van der Waals surface area contributed by atoms with Crippen molar-refractivity contribution >= 4 is 41.0 Å². The maximum Gasteiger partial charge on any atom is 0.408 e. The lowest BCUT2D eigenvalue weighted by atomic mass is 10.0. The Morgan fingerprint density at radius 1 is 0.791 bits per heavy atom. The van der Waals surface area contributed by atoms with Crippen molar-refractivity contribution in [2.45, 2.75) is 32.0 Å². The van der Waals surface area contributed by atoms with Gasteiger partial charge in [-0.3, -0.25) is 14.4 Å². The standard InChI is InChI=1S/C34H32ClN3O5/c1-23(33(41)38(2)30-19-18-27(35)21-28(30)31(39)26-16-10-5-11-17-26)36-32(40)29(20-24-12-6-3-7-13-24)37-34(42)43-22-25-14-8-4-9-15-25/h3-19,21,23,29H,20,22H2,1-2H3,(H,36,40)(H,37,42)/t23-,29-/m0/s1. The molecule has 0 heterocycles. The van der Waals surface area contributed by atoms with E-state index in [1.165, 1.54) is 18.0 Å². The van der Waals surface area contributed by atoms with Gasteiger partial charge in [0.05, 0.1) is 5.69 Å². The fourth-order valence-corrected chi connectivity index (χ4v) is 4.65. The number of carbonyl (C=O) groups is 4. The minimum Gasteiger partial charge on any atom is -0.445 e. The summed E-state index contributed by atoms with van der Waals surface area (Å²) in [6.07, 6.45) is -0.585. The number of amides is 3. The van der Waals surface area contributed by atoms with Crippen LogP contribution in [0.15, 0.2) is 109 Å². The van der Waals surface area contributed by atoms with E-state index in [1.807, 2.05) is 60.7 Å². The van der Waals surface area contributed by atoms with Gasteiger partial charge in [-0.15, -0.1) is 0 Å². The first-order valence-corrected chi connectivity index (χ1v) is 14.1. The zero-order valence-corrected chi connectivity index (χ0v) is 24.6. The molecule has 0 bridgehead atoms. The van der Waals surface area contributed by atoms with Crippen LogP contribution in [0.3, 0.4) is 0 Å². The highest BCUT2D eigenvalue weighted by Crippen LogP contribution is 2.27. The number of nitrogens with zero attached hydrogens (tertiary/aromatic N) is 1. The van der Waals surface area contributed by atoms with Crippen molar-refractivity contribution in [3.05, 3.63) is 136 Å². The monoisotopic (exact) mass is 597 g/mol. The minimum absolute atomic E-state index is 0.0388. The van der Waals surface area contributed by atoms with Crippen LogP contribution in [0.4, 0.5) is 10.5 Å². The largest absolute Gasteiger partial charge is 0.445 e. The van der Waals surface area contributed by atoms with Crippen LogP contribution < -0.4 is 15.5 Å². The van der Waals surface area contributed by atoms with Gasteiger partial charge in [0.1, 0.15) is 18.7 Å². The van der Waals surface area contributed by atoms with E-state index in [9.17, 15) is 19.2 Å². The van der Waals surface area contributed by atoms with Crippen LogP contribution in [0.1, 0.15) is 34.0 Å². The molecule has 0 aromatic heterocycles. The lowest BCUT2D eigenvalue weighted by Crippen LogP contribution is -2.53. The molecule has 0 saturated heterocycles. The number of likely N-dealkylation sites (N-methyl/N-ethyl adjacent to an activating group) is 1. The number of carbonyl (C=O) groups excluding carboxylic acids is 4. The second-order valence-electron chi connectivity index (χ2n) is 9.93. The number of hydrogen-bond acceptors (Lipinski definition) is 5. The number of alkyl carbamates (subject to hydrolysis) is 1. The van der Waals surface area contributed by atoms with Gasteiger partial charge in [0.2, 0.25) is 11.8 Å². The third-order valence-corrected chi connectivity index (χ3v) is 7.00. The van der Waals surface area contributed by atoms with Crippen LogP contribution in [-0.2, 0) is 27.4 Å². The zero-order chi connectivity index (χ0) is 30.8. The van der Waals surface area contributed by atoms with Crippen molar-refractivity contribution in [1.29, 1.82) is 0 Å². The predicted octanol–water partition coefficient (Wildman–Crippen LogP) is 5.58. The molecule has 0 aliphatic carbocycles. The first-order chi connectivity index (χ1) is 20.7. The van der Waals surface area contributed by atoms with Crippen LogP contribution in [0.5, 0.6) is 0 Å². The molecule has 0 aliphatic heterocycles. The number of rotatable bonds is 11. The lowest BCUT2D eigenvalue weighted by molar-refractivity contribution is -0.128. The smallest absolute Gasteiger partial charge is 0.408 e. The molecule has 4 rings (SSSR count). The second kappa shape index (κ2) is 14.8. The molecule has 220 valence electrons. The van der Waals surface area contributed by atoms with Gasteiger partial charge in [0.25, 0.3) is 0 Å². The molecule has 3 amide bonds. The molecular weight excluding hydrogens is 566 g/mol. The van der Waals surface area contributed by atoms with Gasteiger partial charge in [-0.1, -0.05) is 103 Å². The van der Waals surface area contributed by atoms with Crippen molar-refractivity contribution in [1.82, 2.24) is 10.6 Å². The summed E-state index contributed by atoms with van der Waals surface area (Å²) in [6.45, 7) is 1.58. The fraction of sp³-hybridized carbons (Fsp3) is 0.176. The topological polar surface area (TPSA) is 105 Å². The predicted molar refractivity (Wildman–Crippen MR) is 166 cm³/mol. The molecule has 0 unspecified atom stereocenters. The first kappa shape index (κ1) is 31.0. The minimum atomic E-state index is -1.02. The molecule has 8 nitrogen and oxygen atoms in total. The van der Waals surface area contributed by atoms with Crippen LogP contribution >= 0.6 is 11.6 Å². The van der Waals surface area contributed by atoms with E-state index in [1.54, 1.807) is 49.4 Å². The fourth-order valence-electron chi connectivity index (χ4n) is 4.48.